The number of aliphatic hydroxyl groups is 1. The summed E-state index contributed by atoms with van der Waals surface area (Å²) in [6.07, 6.45) is 5.33. The highest BCUT2D eigenvalue weighted by molar-refractivity contribution is 5.85. The van der Waals surface area contributed by atoms with Gasteiger partial charge in [-0.25, -0.2) is 4.39 Å². The number of ether oxygens (including phenoxy) is 1. The first-order chi connectivity index (χ1) is 12.1. The van der Waals surface area contributed by atoms with Crippen LogP contribution in [0.3, 0.4) is 0 Å². The summed E-state index contributed by atoms with van der Waals surface area (Å²) in [6, 6.07) is 4.27. The Balaban J connectivity index is 2.22. The Morgan fingerprint density at radius 1 is 1.48 bits per heavy atom. The van der Waals surface area contributed by atoms with Gasteiger partial charge in [-0.15, -0.1) is 0 Å². The molecular formula is C21H26FNO2. The molecule has 1 heterocycles. The third-order valence-electron chi connectivity index (χ3n) is 5.21. The van der Waals surface area contributed by atoms with Gasteiger partial charge in [0.15, 0.2) is 0 Å². The first-order valence-corrected chi connectivity index (χ1v) is 8.95. The molecule has 1 aromatic rings. The van der Waals surface area contributed by atoms with Crippen LogP contribution < -0.4 is 4.74 Å². The largest absolute Gasteiger partial charge is 0.508 e. The van der Waals surface area contributed by atoms with Gasteiger partial charge in [0.25, 0.3) is 0 Å². The number of halogens is 1. The first kappa shape index (κ1) is 17.7. The molecule has 1 N–H and O–H groups in total. The Morgan fingerprint density at radius 3 is 2.92 bits per heavy atom. The predicted molar refractivity (Wildman–Crippen MR) is 99.7 cm³/mol. The van der Waals surface area contributed by atoms with Crippen molar-refractivity contribution in [2.24, 2.45) is 0 Å². The Bertz CT molecular complexity index is 736. The fourth-order valence-electron chi connectivity index (χ4n) is 4.06. The third kappa shape index (κ3) is 3.11. The van der Waals surface area contributed by atoms with Gasteiger partial charge >= 0.3 is 0 Å². The highest BCUT2D eigenvalue weighted by Gasteiger charge is 2.35. The molecule has 0 radical (unpaired) electrons. The first-order valence-electron chi connectivity index (χ1n) is 8.95. The number of nitrogens with zero attached hydrogens (tertiary/aromatic N) is 1. The molecular weight excluding hydrogens is 317 g/mol. The van der Waals surface area contributed by atoms with Crippen molar-refractivity contribution >= 4 is 5.57 Å². The van der Waals surface area contributed by atoms with Gasteiger partial charge in [-0.1, -0.05) is 19.6 Å². The highest BCUT2D eigenvalue weighted by Crippen LogP contribution is 2.47. The number of rotatable bonds is 6. The van der Waals surface area contributed by atoms with Crippen LogP contribution in [0.1, 0.15) is 43.0 Å². The van der Waals surface area contributed by atoms with E-state index in [9.17, 15) is 9.50 Å². The van der Waals surface area contributed by atoms with E-state index < -0.39 is 6.67 Å². The van der Waals surface area contributed by atoms with Crippen LogP contribution in [0.15, 0.2) is 42.2 Å². The molecule has 0 amide bonds. The second kappa shape index (κ2) is 7.44. The molecule has 1 aliphatic carbocycles. The normalized spacial score (nSPS) is 20.4. The van der Waals surface area contributed by atoms with Gasteiger partial charge in [0.05, 0.1) is 0 Å². The van der Waals surface area contributed by atoms with Gasteiger partial charge in [0.1, 0.15) is 24.8 Å². The lowest BCUT2D eigenvalue weighted by Crippen LogP contribution is -2.37. The molecule has 2 aliphatic rings. The van der Waals surface area contributed by atoms with Crippen molar-refractivity contribution in [3.05, 3.63) is 58.9 Å². The zero-order chi connectivity index (χ0) is 18.0. The Labute approximate surface area is 149 Å². The van der Waals surface area contributed by atoms with Crippen molar-refractivity contribution in [2.45, 2.75) is 32.7 Å². The number of hydrogen-bond acceptors (Lipinski definition) is 3. The molecule has 134 valence electrons. The van der Waals surface area contributed by atoms with Crippen LogP contribution in [-0.2, 0) is 6.42 Å². The predicted octanol–water partition coefficient (Wildman–Crippen LogP) is 4.76. The number of allylic oxidation sites excluding steroid dienone is 3. The summed E-state index contributed by atoms with van der Waals surface area (Å²) in [5.74, 6) is 0.925. The van der Waals surface area contributed by atoms with Crippen LogP contribution >= 0.6 is 0 Å². The van der Waals surface area contributed by atoms with E-state index in [4.69, 9.17) is 4.74 Å². The lowest BCUT2D eigenvalue weighted by atomic mass is 9.76. The monoisotopic (exact) mass is 343 g/mol. The molecule has 0 aromatic heterocycles. The van der Waals surface area contributed by atoms with Crippen LogP contribution in [0.2, 0.25) is 0 Å². The average molecular weight is 343 g/mol. The van der Waals surface area contributed by atoms with Gasteiger partial charge in [-0.3, -0.25) is 4.90 Å². The summed E-state index contributed by atoms with van der Waals surface area (Å²) in [7, 11) is 0. The quantitative estimate of drug-likeness (QED) is 0.756. The van der Waals surface area contributed by atoms with Gasteiger partial charge < -0.3 is 9.84 Å². The standard InChI is InChI=1S/C21H26FNO2/c1-4-14-12-18-20-15(7-9-23(18)6-3)11-16(25-10-8-22)13-17(20)21(14)19(24)5-2/h4-5,11,13,18,24H,1,6-10,12H2,2-3H3/b19-5+. The minimum atomic E-state index is -0.515. The lowest BCUT2D eigenvalue weighted by molar-refractivity contribution is 0.192. The molecule has 0 bridgehead atoms. The van der Waals surface area contributed by atoms with Crippen molar-refractivity contribution in [1.82, 2.24) is 4.90 Å². The lowest BCUT2D eigenvalue weighted by Gasteiger charge is -2.41. The van der Waals surface area contributed by atoms with E-state index in [1.807, 2.05) is 25.1 Å². The van der Waals surface area contributed by atoms with E-state index in [-0.39, 0.29) is 12.4 Å². The smallest absolute Gasteiger partial charge is 0.123 e. The zero-order valence-electron chi connectivity index (χ0n) is 15.0. The molecule has 1 unspecified atom stereocenters. The Morgan fingerprint density at radius 2 is 2.28 bits per heavy atom. The number of alkyl halides is 1. The summed E-state index contributed by atoms with van der Waals surface area (Å²) in [5.41, 5.74) is 5.38. The zero-order valence-corrected chi connectivity index (χ0v) is 15.0. The summed E-state index contributed by atoms with van der Waals surface area (Å²) >= 11 is 0. The van der Waals surface area contributed by atoms with E-state index in [1.165, 1.54) is 11.1 Å². The van der Waals surface area contributed by atoms with Gasteiger partial charge in [0, 0.05) is 18.2 Å². The second-order valence-corrected chi connectivity index (χ2v) is 6.46. The topological polar surface area (TPSA) is 32.7 Å². The maximum atomic E-state index is 12.5. The number of likely N-dealkylation sites (N-methyl/N-ethyl adjacent to an activating group) is 1. The van der Waals surface area contributed by atoms with E-state index in [0.717, 1.165) is 42.6 Å². The summed E-state index contributed by atoms with van der Waals surface area (Å²) in [6.45, 7) is 9.48. The molecule has 0 fully saturated rings. The molecule has 0 spiro atoms. The Kier molecular flexibility index (Phi) is 5.28. The van der Waals surface area contributed by atoms with Crippen LogP contribution in [-0.4, -0.2) is 36.4 Å². The molecule has 3 rings (SSSR count). The van der Waals surface area contributed by atoms with Gasteiger partial charge in [0.2, 0.25) is 0 Å². The number of hydrogen-bond donors (Lipinski definition) is 1. The summed E-state index contributed by atoms with van der Waals surface area (Å²) < 4.78 is 18.1. The SMILES string of the molecule is C=CC1=C(/C(O)=C\C)c2cc(OCCF)cc3c2C(C1)N(CC)CC3. The Hall–Kier alpha value is -2.07. The molecule has 0 saturated heterocycles. The van der Waals surface area contributed by atoms with Crippen LogP contribution in [0.25, 0.3) is 5.57 Å². The molecule has 4 heteroatoms. The van der Waals surface area contributed by atoms with Crippen molar-refractivity contribution in [2.75, 3.05) is 26.4 Å². The van der Waals surface area contributed by atoms with Crippen molar-refractivity contribution < 1.29 is 14.2 Å². The van der Waals surface area contributed by atoms with E-state index in [2.05, 4.69) is 18.4 Å². The van der Waals surface area contributed by atoms with Crippen molar-refractivity contribution in [3.8, 4) is 5.75 Å². The van der Waals surface area contributed by atoms with E-state index in [0.29, 0.717) is 11.8 Å². The molecule has 0 saturated carbocycles. The summed E-state index contributed by atoms with van der Waals surface area (Å²) in [5, 5.41) is 10.5. The fourth-order valence-corrected chi connectivity index (χ4v) is 4.06. The third-order valence-corrected chi connectivity index (χ3v) is 5.21. The number of benzene rings is 1. The molecule has 3 nitrogen and oxygen atoms in total. The van der Waals surface area contributed by atoms with Crippen LogP contribution in [0.5, 0.6) is 5.75 Å². The maximum Gasteiger partial charge on any atom is 0.123 e. The van der Waals surface area contributed by atoms with Crippen LogP contribution in [0, 0.1) is 0 Å². The van der Waals surface area contributed by atoms with E-state index >= 15 is 0 Å². The average Bonchev–Trinajstić information content (AvgIpc) is 2.65. The molecule has 1 aliphatic heterocycles. The highest BCUT2D eigenvalue weighted by atomic mass is 19.1. The molecule has 1 atom stereocenters. The summed E-state index contributed by atoms with van der Waals surface area (Å²) in [4.78, 5) is 2.47. The van der Waals surface area contributed by atoms with Crippen LogP contribution in [0.4, 0.5) is 4.39 Å². The molecule has 1 aromatic carbocycles. The van der Waals surface area contributed by atoms with Gasteiger partial charge in [-0.05, 0) is 66.8 Å². The van der Waals surface area contributed by atoms with Gasteiger partial charge in [-0.2, -0.15) is 0 Å². The maximum absolute atomic E-state index is 12.5. The minimum absolute atomic E-state index is 0.0473. The second-order valence-electron chi connectivity index (χ2n) is 6.46. The molecule has 25 heavy (non-hydrogen) atoms. The van der Waals surface area contributed by atoms with Crippen molar-refractivity contribution in [3.63, 3.8) is 0 Å². The van der Waals surface area contributed by atoms with E-state index in [1.54, 1.807) is 6.08 Å². The fraction of sp³-hybridized carbons (Fsp3) is 0.429. The van der Waals surface area contributed by atoms with Crippen molar-refractivity contribution in [1.29, 1.82) is 0 Å². The number of aliphatic hydroxyl groups excluding tert-OH is 1. The minimum Gasteiger partial charge on any atom is -0.508 e.